The van der Waals surface area contributed by atoms with E-state index in [1.165, 1.54) is 6.08 Å². The maximum absolute atomic E-state index is 12.5. The summed E-state index contributed by atoms with van der Waals surface area (Å²) in [5, 5.41) is 0.646. The van der Waals surface area contributed by atoms with Crippen molar-refractivity contribution in [3.63, 3.8) is 0 Å². The molecule has 0 aliphatic rings. The molecule has 2 aromatic carbocycles. The lowest BCUT2D eigenvalue weighted by molar-refractivity contribution is 0.104. The highest BCUT2D eigenvalue weighted by Gasteiger charge is 2.13. The third kappa shape index (κ3) is 4.08. The Morgan fingerprint density at radius 3 is 2.56 bits per heavy atom. The van der Waals surface area contributed by atoms with E-state index in [1.807, 2.05) is 50.2 Å². The Bertz CT molecular complexity index is 1050. The number of benzene rings is 2. The van der Waals surface area contributed by atoms with Crippen molar-refractivity contribution in [1.29, 1.82) is 0 Å². The van der Waals surface area contributed by atoms with Gasteiger partial charge in [0, 0.05) is 25.2 Å². The van der Waals surface area contributed by atoms with Gasteiger partial charge in [-0.15, -0.1) is 0 Å². The quantitative estimate of drug-likeness (QED) is 0.374. The van der Waals surface area contributed by atoms with Crippen LogP contribution >= 0.6 is 0 Å². The Hall–Kier alpha value is -3.34. The topological polar surface area (TPSA) is 59.8 Å². The number of hydrogen-bond acceptors (Lipinski definition) is 5. The van der Waals surface area contributed by atoms with Gasteiger partial charge in [0.1, 0.15) is 5.56 Å². The minimum Gasteiger partial charge on any atom is -0.490 e. The zero-order valence-corrected chi connectivity index (χ0v) is 15.6. The van der Waals surface area contributed by atoms with Gasteiger partial charge in [-0.25, -0.2) is 4.79 Å². The van der Waals surface area contributed by atoms with Crippen LogP contribution in [0.3, 0.4) is 0 Å². The molecule has 0 atom stereocenters. The van der Waals surface area contributed by atoms with Crippen molar-refractivity contribution in [3.8, 4) is 5.75 Å². The van der Waals surface area contributed by atoms with Gasteiger partial charge in [0.15, 0.2) is 17.1 Å². The number of nitrogens with zero attached hydrogens (tertiary/aromatic N) is 1. The normalized spacial score (nSPS) is 11.1. The van der Waals surface area contributed by atoms with Crippen LogP contribution in [0.4, 0.5) is 5.69 Å². The molecule has 3 rings (SSSR count). The molecule has 0 aliphatic carbocycles. The molecule has 0 unspecified atom stereocenters. The lowest BCUT2D eigenvalue weighted by Crippen LogP contribution is -2.12. The van der Waals surface area contributed by atoms with Crippen LogP contribution in [0.25, 0.3) is 17.0 Å². The summed E-state index contributed by atoms with van der Waals surface area (Å²) in [6.45, 7) is 2.31. The molecule has 0 aliphatic heterocycles. The first-order valence-corrected chi connectivity index (χ1v) is 8.69. The zero-order chi connectivity index (χ0) is 19.4. The molecule has 0 bridgehead atoms. The van der Waals surface area contributed by atoms with Crippen molar-refractivity contribution < 1.29 is 13.9 Å². The summed E-state index contributed by atoms with van der Waals surface area (Å²) >= 11 is 0. The number of fused-ring (bicyclic) bond motifs is 1. The molecule has 27 heavy (non-hydrogen) atoms. The molecule has 5 heteroatoms. The molecule has 0 N–H and O–H groups in total. The van der Waals surface area contributed by atoms with Gasteiger partial charge in [-0.3, -0.25) is 4.79 Å². The molecule has 0 spiro atoms. The highest BCUT2D eigenvalue weighted by Crippen LogP contribution is 2.25. The molecule has 3 aromatic rings. The molecule has 0 radical (unpaired) electrons. The third-order valence-electron chi connectivity index (χ3n) is 4.13. The largest absolute Gasteiger partial charge is 0.490 e. The van der Waals surface area contributed by atoms with E-state index in [0.29, 0.717) is 23.3 Å². The van der Waals surface area contributed by atoms with Crippen LogP contribution in [-0.2, 0) is 0 Å². The van der Waals surface area contributed by atoms with E-state index in [1.54, 1.807) is 30.3 Å². The third-order valence-corrected chi connectivity index (χ3v) is 4.13. The van der Waals surface area contributed by atoms with Crippen molar-refractivity contribution in [1.82, 2.24) is 0 Å². The van der Waals surface area contributed by atoms with Gasteiger partial charge in [0.2, 0.25) is 0 Å². The fourth-order valence-electron chi connectivity index (χ4n) is 2.70. The number of para-hydroxylation sites is 1. The average Bonchev–Trinajstić information content (AvgIpc) is 2.66. The van der Waals surface area contributed by atoms with Gasteiger partial charge in [0.05, 0.1) is 6.61 Å². The predicted octanol–water partition coefficient (Wildman–Crippen LogP) is 4.15. The van der Waals surface area contributed by atoms with Gasteiger partial charge < -0.3 is 14.1 Å². The van der Waals surface area contributed by atoms with Crippen LogP contribution < -0.4 is 15.3 Å². The minimum atomic E-state index is -0.674. The lowest BCUT2D eigenvalue weighted by atomic mass is 10.1. The van der Waals surface area contributed by atoms with E-state index in [0.717, 1.165) is 11.3 Å². The Kier molecular flexibility index (Phi) is 5.41. The highest BCUT2D eigenvalue weighted by atomic mass is 16.5. The van der Waals surface area contributed by atoms with Gasteiger partial charge in [-0.05, 0) is 42.8 Å². The van der Waals surface area contributed by atoms with Crippen LogP contribution in [0.2, 0.25) is 0 Å². The second-order valence-corrected chi connectivity index (χ2v) is 6.24. The number of carbonyl (C=O) groups is 1. The number of hydrogen-bond donors (Lipinski definition) is 0. The van der Waals surface area contributed by atoms with E-state index < -0.39 is 11.4 Å². The Labute approximate surface area is 157 Å². The fraction of sp³-hybridized carbons (Fsp3) is 0.182. The van der Waals surface area contributed by atoms with Crippen LogP contribution in [0.1, 0.15) is 22.8 Å². The first kappa shape index (κ1) is 18.5. The molecular formula is C22H21NO4. The molecule has 0 amide bonds. The van der Waals surface area contributed by atoms with E-state index in [-0.39, 0.29) is 5.56 Å². The average molecular weight is 363 g/mol. The molecule has 138 valence electrons. The van der Waals surface area contributed by atoms with Gasteiger partial charge >= 0.3 is 5.63 Å². The first-order valence-electron chi connectivity index (χ1n) is 8.69. The predicted molar refractivity (Wildman–Crippen MR) is 108 cm³/mol. The number of anilines is 1. The number of rotatable bonds is 6. The zero-order valence-electron chi connectivity index (χ0n) is 15.6. The van der Waals surface area contributed by atoms with Crippen molar-refractivity contribution in [2.24, 2.45) is 0 Å². The van der Waals surface area contributed by atoms with Crippen LogP contribution in [0, 0.1) is 0 Å². The van der Waals surface area contributed by atoms with Gasteiger partial charge in [-0.1, -0.05) is 30.3 Å². The SMILES string of the molecule is CCOc1cccc2cc(C(=O)C=Cc3ccc(N(C)C)cc3)c(=O)oc12. The number of carbonyl (C=O) groups excluding carboxylic acids is 1. The summed E-state index contributed by atoms with van der Waals surface area (Å²) in [6.07, 6.45) is 3.07. The summed E-state index contributed by atoms with van der Waals surface area (Å²) in [5.41, 5.74) is 1.62. The molecular weight excluding hydrogens is 342 g/mol. The summed E-state index contributed by atoms with van der Waals surface area (Å²) < 4.78 is 10.8. The van der Waals surface area contributed by atoms with Gasteiger partial charge in [-0.2, -0.15) is 0 Å². The highest BCUT2D eigenvalue weighted by molar-refractivity contribution is 6.08. The minimum absolute atomic E-state index is 0.00249. The van der Waals surface area contributed by atoms with Crippen molar-refractivity contribution in [2.45, 2.75) is 6.92 Å². The monoisotopic (exact) mass is 363 g/mol. The molecule has 1 heterocycles. The van der Waals surface area contributed by atoms with E-state index in [2.05, 4.69) is 0 Å². The maximum Gasteiger partial charge on any atom is 0.347 e. The summed E-state index contributed by atoms with van der Waals surface area (Å²) in [6, 6.07) is 14.6. The van der Waals surface area contributed by atoms with Crippen molar-refractivity contribution >= 4 is 28.5 Å². The molecule has 0 fully saturated rings. The van der Waals surface area contributed by atoms with Crippen LogP contribution in [-0.4, -0.2) is 26.5 Å². The number of ketones is 1. The Morgan fingerprint density at radius 2 is 1.89 bits per heavy atom. The number of allylic oxidation sites excluding steroid dienone is 1. The van der Waals surface area contributed by atoms with Gasteiger partial charge in [0.25, 0.3) is 0 Å². The fourth-order valence-corrected chi connectivity index (χ4v) is 2.70. The lowest BCUT2D eigenvalue weighted by Gasteiger charge is -2.11. The molecule has 1 aromatic heterocycles. The van der Waals surface area contributed by atoms with Crippen LogP contribution in [0.15, 0.2) is 63.8 Å². The standard InChI is InChI=1S/C22H21NO4/c1-4-26-20-7-5-6-16-14-18(22(25)27-21(16)20)19(24)13-10-15-8-11-17(12-9-15)23(2)3/h5-14H,4H2,1-3H3. The Balaban J connectivity index is 1.89. The van der Waals surface area contributed by atoms with Crippen molar-refractivity contribution in [3.05, 3.63) is 76.2 Å². The van der Waals surface area contributed by atoms with E-state index in [4.69, 9.17) is 9.15 Å². The summed E-state index contributed by atoms with van der Waals surface area (Å²) in [7, 11) is 3.93. The smallest absolute Gasteiger partial charge is 0.347 e. The van der Waals surface area contributed by atoms with E-state index in [9.17, 15) is 9.59 Å². The Morgan fingerprint density at radius 1 is 1.15 bits per heavy atom. The van der Waals surface area contributed by atoms with Crippen molar-refractivity contribution in [2.75, 3.05) is 25.6 Å². The molecule has 0 saturated carbocycles. The second-order valence-electron chi connectivity index (χ2n) is 6.24. The number of ether oxygens (including phenoxy) is 1. The first-order chi connectivity index (χ1) is 13.0. The molecule has 0 saturated heterocycles. The second kappa shape index (κ2) is 7.91. The summed E-state index contributed by atoms with van der Waals surface area (Å²) in [4.78, 5) is 26.8. The van der Waals surface area contributed by atoms with E-state index >= 15 is 0 Å². The summed E-state index contributed by atoms with van der Waals surface area (Å²) in [5.74, 6) is 0.0896. The van der Waals surface area contributed by atoms with Crippen LogP contribution in [0.5, 0.6) is 5.75 Å². The molecule has 5 nitrogen and oxygen atoms in total. The maximum atomic E-state index is 12.5.